The van der Waals surface area contributed by atoms with Crippen molar-refractivity contribution < 1.29 is 9.84 Å². The normalized spacial score (nSPS) is 10.5. The molecule has 0 aliphatic heterocycles. The number of hydrogen-bond donors (Lipinski definition) is 1. The molecule has 2 rings (SSSR count). The Balaban J connectivity index is 2.18. The Hall–Kier alpha value is -1.80. The minimum atomic E-state index is 0.00417. The average Bonchev–Trinajstić information content (AvgIpc) is 2.82. The van der Waals surface area contributed by atoms with E-state index in [9.17, 15) is 0 Å². The molecular weight excluding hydrogens is 248 g/mol. The quantitative estimate of drug-likeness (QED) is 0.744. The summed E-state index contributed by atoms with van der Waals surface area (Å²) in [5, 5.41) is 12.5. The van der Waals surface area contributed by atoms with Gasteiger partial charge in [0, 0.05) is 13.0 Å². The molecule has 90 valence electrons. The third kappa shape index (κ3) is 3.08. The number of hydrogen-bond acceptors (Lipinski definition) is 7. The number of aromatic nitrogens is 6. The van der Waals surface area contributed by atoms with Crippen LogP contribution in [0.25, 0.3) is 5.95 Å². The molecule has 0 aromatic carbocycles. The zero-order chi connectivity index (χ0) is 12.1. The predicted octanol–water partition coefficient (Wildman–Crippen LogP) is -0.133. The summed E-state index contributed by atoms with van der Waals surface area (Å²) in [5.41, 5.74) is 0. The fourth-order valence-corrected chi connectivity index (χ4v) is 1.18. The second-order valence-corrected chi connectivity index (χ2v) is 3.29. The van der Waals surface area contributed by atoms with Gasteiger partial charge >= 0.3 is 6.01 Å². The average molecular weight is 257 g/mol. The maximum absolute atomic E-state index is 8.62. The lowest BCUT2D eigenvalue weighted by Gasteiger charge is -2.04. The summed E-state index contributed by atoms with van der Waals surface area (Å²) in [6.45, 7) is 0.336. The number of ether oxygens (including phenoxy) is 1. The van der Waals surface area contributed by atoms with Crippen molar-refractivity contribution in [2.24, 2.45) is 0 Å². The van der Waals surface area contributed by atoms with E-state index in [1.54, 1.807) is 0 Å². The SMILES string of the molecule is OCCCOc1nc(Cl)nc(-n2cncn2)n1. The zero-order valence-electron chi connectivity index (χ0n) is 8.69. The van der Waals surface area contributed by atoms with E-state index >= 15 is 0 Å². The Kier molecular flexibility index (Phi) is 3.78. The van der Waals surface area contributed by atoms with Gasteiger partial charge in [-0.3, -0.25) is 0 Å². The smallest absolute Gasteiger partial charge is 0.322 e. The highest BCUT2D eigenvalue weighted by atomic mass is 35.5. The highest BCUT2D eigenvalue weighted by Crippen LogP contribution is 2.10. The van der Waals surface area contributed by atoms with Gasteiger partial charge in [0.2, 0.25) is 5.28 Å². The molecule has 0 spiro atoms. The lowest BCUT2D eigenvalue weighted by Crippen LogP contribution is -2.08. The second-order valence-electron chi connectivity index (χ2n) is 2.95. The van der Waals surface area contributed by atoms with E-state index in [0.29, 0.717) is 13.0 Å². The third-order valence-electron chi connectivity index (χ3n) is 1.73. The van der Waals surface area contributed by atoms with Gasteiger partial charge < -0.3 is 9.84 Å². The molecule has 0 atom stereocenters. The monoisotopic (exact) mass is 256 g/mol. The van der Waals surface area contributed by atoms with Crippen LogP contribution in [0, 0.1) is 0 Å². The maximum Gasteiger partial charge on any atom is 0.322 e. The molecule has 17 heavy (non-hydrogen) atoms. The van der Waals surface area contributed by atoms with Gasteiger partial charge in [-0.1, -0.05) is 0 Å². The van der Waals surface area contributed by atoms with Crippen LogP contribution in [-0.4, -0.2) is 48.0 Å². The van der Waals surface area contributed by atoms with Crippen LogP contribution >= 0.6 is 11.6 Å². The third-order valence-corrected chi connectivity index (χ3v) is 1.90. The summed E-state index contributed by atoms with van der Waals surface area (Å²) < 4.78 is 6.54. The van der Waals surface area contributed by atoms with Crippen molar-refractivity contribution in [2.75, 3.05) is 13.2 Å². The van der Waals surface area contributed by atoms with Gasteiger partial charge in [0.05, 0.1) is 6.61 Å². The van der Waals surface area contributed by atoms with E-state index in [1.165, 1.54) is 17.3 Å². The van der Waals surface area contributed by atoms with Crippen molar-refractivity contribution in [2.45, 2.75) is 6.42 Å². The van der Waals surface area contributed by atoms with E-state index in [1.807, 2.05) is 0 Å². The van der Waals surface area contributed by atoms with E-state index in [0.717, 1.165) is 0 Å². The molecular formula is C8H9ClN6O2. The number of nitrogens with zero attached hydrogens (tertiary/aromatic N) is 6. The van der Waals surface area contributed by atoms with Crippen LogP contribution in [0.2, 0.25) is 5.28 Å². The highest BCUT2D eigenvalue weighted by Gasteiger charge is 2.08. The van der Waals surface area contributed by atoms with Crippen LogP contribution in [-0.2, 0) is 0 Å². The molecule has 0 saturated heterocycles. The van der Waals surface area contributed by atoms with E-state index in [-0.39, 0.29) is 23.8 Å². The summed E-state index contributed by atoms with van der Waals surface area (Å²) in [5.74, 6) is 0.224. The van der Waals surface area contributed by atoms with Crippen molar-refractivity contribution in [1.29, 1.82) is 0 Å². The summed E-state index contributed by atoms with van der Waals surface area (Å²) in [4.78, 5) is 15.4. The molecule has 0 radical (unpaired) electrons. The first-order valence-electron chi connectivity index (χ1n) is 4.80. The van der Waals surface area contributed by atoms with Gasteiger partial charge in [-0.15, -0.1) is 0 Å². The van der Waals surface area contributed by atoms with Gasteiger partial charge in [0.15, 0.2) is 0 Å². The van der Waals surface area contributed by atoms with Crippen LogP contribution in [0.4, 0.5) is 0 Å². The van der Waals surface area contributed by atoms with E-state index in [2.05, 4.69) is 25.0 Å². The molecule has 0 unspecified atom stereocenters. The van der Waals surface area contributed by atoms with Crippen LogP contribution in [0.15, 0.2) is 12.7 Å². The van der Waals surface area contributed by atoms with Crippen molar-refractivity contribution in [3.63, 3.8) is 0 Å². The van der Waals surface area contributed by atoms with Crippen molar-refractivity contribution in [1.82, 2.24) is 29.7 Å². The van der Waals surface area contributed by atoms with Crippen LogP contribution in [0.5, 0.6) is 6.01 Å². The molecule has 0 aliphatic carbocycles. The first-order chi connectivity index (χ1) is 8.29. The maximum atomic E-state index is 8.62. The standard InChI is InChI=1S/C8H9ClN6O2/c9-6-12-7(15-5-10-4-11-15)14-8(13-6)17-3-1-2-16/h4-5,16H,1-3H2. The van der Waals surface area contributed by atoms with Crippen LogP contribution in [0.3, 0.4) is 0 Å². The Morgan fingerprint density at radius 2 is 2.24 bits per heavy atom. The molecule has 0 bridgehead atoms. The number of aliphatic hydroxyl groups is 1. The topological polar surface area (TPSA) is 98.8 Å². The summed E-state index contributed by atoms with van der Waals surface area (Å²) in [6, 6.07) is 0.0870. The van der Waals surface area contributed by atoms with Crippen molar-refractivity contribution in [3.8, 4) is 12.0 Å². The molecule has 2 aromatic rings. The van der Waals surface area contributed by atoms with Crippen molar-refractivity contribution in [3.05, 3.63) is 17.9 Å². The molecule has 0 saturated carbocycles. The fourth-order valence-electron chi connectivity index (χ4n) is 1.03. The van der Waals surface area contributed by atoms with Gasteiger partial charge in [0.25, 0.3) is 5.95 Å². The number of aliphatic hydroxyl groups excluding tert-OH is 1. The summed E-state index contributed by atoms with van der Waals surface area (Å²) in [6.07, 6.45) is 3.27. The number of halogens is 1. The van der Waals surface area contributed by atoms with Gasteiger partial charge in [-0.25, -0.2) is 4.98 Å². The molecule has 2 aromatic heterocycles. The van der Waals surface area contributed by atoms with Crippen LogP contribution in [0.1, 0.15) is 6.42 Å². The molecule has 9 heteroatoms. The minimum Gasteiger partial charge on any atom is -0.463 e. The Bertz CT molecular complexity index is 477. The van der Waals surface area contributed by atoms with Crippen LogP contribution < -0.4 is 4.74 Å². The Morgan fingerprint density at radius 3 is 2.94 bits per heavy atom. The molecule has 2 heterocycles. The molecule has 0 aliphatic rings. The van der Waals surface area contributed by atoms with E-state index < -0.39 is 0 Å². The fraction of sp³-hybridized carbons (Fsp3) is 0.375. The first kappa shape index (κ1) is 11.7. The number of rotatable bonds is 5. The van der Waals surface area contributed by atoms with Gasteiger partial charge in [-0.2, -0.15) is 24.7 Å². The molecule has 1 N–H and O–H groups in total. The first-order valence-corrected chi connectivity index (χ1v) is 5.17. The lowest BCUT2D eigenvalue weighted by molar-refractivity contribution is 0.223. The van der Waals surface area contributed by atoms with Gasteiger partial charge in [-0.05, 0) is 11.6 Å². The highest BCUT2D eigenvalue weighted by molar-refractivity contribution is 6.28. The summed E-state index contributed by atoms with van der Waals surface area (Å²) >= 11 is 5.73. The minimum absolute atomic E-state index is 0.00417. The summed E-state index contributed by atoms with van der Waals surface area (Å²) in [7, 11) is 0. The van der Waals surface area contributed by atoms with E-state index in [4.69, 9.17) is 21.4 Å². The van der Waals surface area contributed by atoms with Crippen molar-refractivity contribution >= 4 is 11.6 Å². The Labute approximate surface area is 101 Å². The Morgan fingerprint density at radius 1 is 1.35 bits per heavy atom. The second kappa shape index (κ2) is 5.51. The largest absolute Gasteiger partial charge is 0.463 e. The predicted molar refractivity (Wildman–Crippen MR) is 57.0 cm³/mol. The molecule has 8 nitrogen and oxygen atoms in total. The molecule has 0 amide bonds. The van der Waals surface area contributed by atoms with Gasteiger partial charge in [0.1, 0.15) is 12.7 Å². The molecule has 0 fully saturated rings. The zero-order valence-corrected chi connectivity index (χ0v) is 9.45. The lowest BCUT2D eigenvalue weighted by atomic mass is 10.5.